The fraction of sp³-hybridized carbons (Fsp3) is 0.273. The van der Waals surface area contributed by atoms with E-state index in [4.69, 9.17) is 4.74 Å². The maximum atomic E-state index is 11.0. The van der Waals surface area contributed by atoms with Gasteiger partial charge in [0.05, 0.1) is 12.8 Å². The van der Waals surface area contributed by atoms with Crippen LogP contribution in [0.5, 0.6) is 5.75 Å². The predicted molar refractivity (Wildman–Crippen MR) is 58.3 cm³/mol. The van der Waals surface area contributed by atoms with Crippen molar-refractivity contribution in [2.45, 2.75) is 12.5 Å². The Balaban J connectivity index is 2.21. The molecule has 0 spiro atoms. The van der Waals surface area contributed by atoms with Crippen LogP contribution in [0.2, 0.25) is 0 Å². The first-order valence-electron chi connectivity index (χ1n) is 4.89. The SMILES string of the molecule is COc1ccc(C2=NNC(=O)C(O)C2)cc1. The second-order valence-corrected chi connectivity index (χ2v) is 3.48. The summed E-state index contributed by atoms with van der Waals surface area (Å²) in [7, 11) is 1.59. The predicted octanol–water partition coefficient (Wildman–Crippen LogP) is 0.280. The third kappa shape index (κ3) is 2.04. The Morgan fingerprint density at radius 2 is 2.12 bits per heavy atom. The molecule has 1 aromatic carbocycles. The number of carbonyl (C=O) groups excluding carboxylic acids is 1. The summed E-state index contributed by atoms with van der Waals surface area (Å²) in [6.45, 7) is 0. The smallest absolute Gasteiger partial charge is 0.269 e. The summed E-state index contributed by atoms with van der Waals surface area (Å²) < 4.78 is 5.04. The molecule has 0 saturated carbocycles. The molecule has 2 N–H and O–H groups in total. The quantitative estimate of drug-likeness (QED) is 0.752. The van der Waals surface area contributed by atoms with Crippen LogP contribution in [-0.4, -0.2) is 29.9 Å². The number of hydrogen-bond donors (Lipinski definition) is 2. The molecular weight excluding hydrogens is 208 g/mol. The van der Waals surface area contributed by atoms with Gasteiger partial charge in [-0.3, -0.25) is 4.79 Å². The van der Waals surface area contributed by atoms with Crippen molar-refractivity contribution in [1.29, 1.82) is 0 Å². The second kappa shape index (κ2) is 4.32. The molecule has 1 aromatic rings. The Kier molecular flexibility index (Phi) is 2.87. The lowest BCUT2D eigenvalue weighted by atomic mass is 10.0. The summed E-state index contributed by atoms with van der Waals surface area (Å²) in [5.74, 6) is 0.294. The molecule has 1 aliphatic heterocycles. The monoisotopic (exact) mass is 220 g/mol. The van der Waals surface area contributed by atoms with Gasteiger partial charge in [-0.05, 0) is 29.8 Å². The average Bonchev–Trinajstić information content (AvgIpc) is 2.33. The van der Waals surface area contributed by atoms with E-state index in [2.05, 4.69) is 10.5 Å². The Labute approximate surface area is 92.7 Å². The zero-order chi connectivity index (χ0) is 11.5. The van der Waals surface area contributed by atoms with E-state index < -0.39 is 12.0 Å². The van der Waals surface area contributed by atoms with Crippen molar-refractivity contribution >= 4 is 11.6 Å². The van der Waals surface area contributed by atoms with Crippen LogP contribution in [-0.2, 0) is 4.79 Å². The van der Waals surface area contributed by atoms with Gasteiger partial charge < -0.3 is 9.84 Å². The van der Waals surface area contributed by atoms with E-state index in [-0.39, 0.29) is 6.42 Å². The molecule has 0 bridgehead atoms. The highest BCUT2D eigenvalue weighted by molar-refractivity contribution is 6.05. The first kappa shape index (κ1) is 10.6. The fourth-order valence-electron chi connectivity index (χ4n) is 1.48. The largest absolute Gasteiger partial charge is 0.497 e. The second-order valence-electron chi connectivity index (χ2n) is 3.48. The van der Waals surface area contributed by atoms with Gasteiger partial charge in [-0.15, -0.1) is 0 Å². The molecule has 1 unspecified atom stereocenters. The van der Waals surface area contributed by atoms with Gasteiger partial charge in [0.2, 0.25) is 0 Å². The van der Waals surface area contributed by atoms with E-state index in [1.54, 1.807) is 19.2 Å². The van der Waals surface area contributed by atoms with Crippen molar-refractivity contribution in [1.82, 2.24) is 5.43 Å². The standard InChI is InChI=1S/C11H12N2O3/c1-16-8-4-2-7(3-5-8)9-6-10(14)11(15)13-12-9/h2-5,10,14H,6H2,1H3,(H,13,15). The summed E-state index contributed by atoms with van der Waals surface area (Å²) in [6, 6.07) is 7.28. The van der Waals surface area contributed by atoms with Crippen LogP contribution in [0.3, 0.4) is 0 Å². The van der Waals surface area contributed by atoms with E-state index in [9.17, 15) is 9.90 Å². The maximum absolute atomic E-state index is 11.0. The summed E-state index contributed by atoms with van der Waals surface area (Å²) in [5.41, 5.74) is 3.80. The molecule has 0 fully saturated rings. The number of hydrogen-bond acceptors (Lipinski definition) is 4. The summed E-state index contributed by atoms with van der Waals surface area (Å²) in [6.07, 6.45) is -0.785. The third-order valence-corrected chi connectivity index (χ3v) is 2.41. The number of nitrogens with zero attached hydrogens (tertiary/aromatic N) is 1. The van der Waals surface area contributed by atoms with E-state index in [1.165, 1.54) is 0 Å². The van der Waals surface area contributed by atoms with E-state index in [0.717, 1.165) is 11.3 Å². The van der Waals surface area contributed by atoms with Crippen LogP contribution in [0.15, 0.2) is 29.4 Å². The number of nitrogens with one attached hydrogen (secondary N) is 1. The minimum atomic E-state index is -1.02. The zero-order valence-electron chi connectivity index (χ0n) is 8.80. The molecule has 16 heavy (non-hydrogen) atoms. The van der Waals surface area contributed by atoms with Crippen molar-refractivity contribution < 1.29 is 14.6 Å². The molecule has 1 amide bonds. The molecule has 5 nitrogen and oxygen atoms in total. The van der Waals surface area contributed by atoms with Gasteiger partial charge in [0, 0.05) is 6.42 Å². The highest BCUT2D eigenvalue weighted by Gasteiger charge is 2.22. The Morgan fingerprint density at radius 3 is 2.69 bits per heavy atom. The van der Waals surface area contributed by atoms with Crippen LogP contribution in [0.4, 0.5) is 0 Å². The van der Waals surface area contributed by atoms with Crippen LogP contribution < -0.4 is 10.2 Å². The number of aliphatic hydroxyl groups is 1. The van der Waals surface area contributed by atoms with Crippen molar-refractivity contribution in [3.8, 4) is 5.75 Å². The highest BCUT2D eigenvalue weighted by atomic mass is 16.5. The fourth-order valence-corrected chi connectivity index (χ4v) is 1.48. The summed E-state index contributed by atoms with van der Waals surface area (Å²) >= 11 is 0. The average molecular weight is 220 g/mol. The lowest BCUT2D eigenvalue weighted by molar-refractivity contribution is -0.129. The molecule has 1 heterocycles. The van der Waals surface area contributed by atoms with E-state index >= 15 is 0 Å². The molecule has 0 aromatic heterocycles. The van der Waals surface area contributed by atoms with Gasteiger partial charge in [0.1, 0.15) is 11.9 Å². The molecule has 2 rings (SSSR count). The van der Waals surface area contributed by atoms with Gasteiger partial charge >= 0.3 is 0 Å². The summed E-state index contributed by atoms with van der Waals surface area (Å²) in [4.78, 5) is 11.0. The maximum Gasteiger partial charge on any atom is 0.269 e. The van der Waals surface area contributed by atoms with Crippen LogP contribution in [0, 0.1) is 0 Å². The molecule has 0 radical (unpaired) electrons. The van der Waals surface area contributed by atoms with E-state index in [1.807, 2.05) is 12.1 Å². The molecule has 1 atom stereocenters. The van der Waals surface area contributed by atoms with Gasteiger partial charge in [0.25, 0.3) is 5.91 Å². The van der Waals surface area contributed by atoms with Crippen molar-refractivity contribution in [2.75, 3.05) is 7.11 Å². The number of ether oxygens (including phenoxy) is 1. The highest BCUT2D eigenvalue weighted by Crippen LogP contribution is 2.15. The number of rotatable bonds is 2. The number of methoxy groups -OCH3 is 1. The van der Waals surface area contributed by atoms with Gasteiger partial charge in [-0.1, -0.05) is 0 Å². The number of benzene rings is 1. The lowest BCUT2D eigenvalue weighted by Gasteiger charge is -2.17. The Bertz CT molecular complexity index is 425. The third-order valence-electron chi connectivity index (χ3n) is 2.41. The molecule has 0 saturated heterocycles. The summed E-state index contributed by atoms with van der Waals surface area (Å²) in [5, 5.41) is 13.3. The van der Waals surface area contributed by atoms with Crippen LogP contribution >= 0.6 is 0 Å². The lowest BCUT2D eigenvalue weighted by Crippen LogP contribution is -2.38. The van der Waals surface area contributed by atoms with Gasteiger partial charge in [0.15, 0.2) is 0 Å². The topological polar surface area (TPSA) is 70.9 Å². The molecule has 5 heteroatoms. The minimum absolute atomic E-state index is 0.234. The first-order chi connectivity index (χ1) is 7.70. The minimum Gasteiger partial charge on any atom is -0.497 e. The van der Waals surface area contributed by atoms with Crippen molar-refractivity contribution in [3.05, 3.63) is 29.8 Å². The zero-order valence-corrected chi connectivity index (χ0v) is 8.80. The van der Waals surface area contributed by atoms with Gasteiger partial charge in [-0.25, -0.2) is 5.43 Å². The van der Waals surface area contributed by atoms with Crippen LogP contribution in [0.25, 0.3) is 0 Å². The molecule has 84 valence electrons. The van der Waals surface area contributed by atoms with Gasteiger partial charge in [-0.2, -0.15) is 5.10 Å². The number of carbonyl (C=O) groups is 1. The van der Waals surface area contributed by atoms with E-state index in [0.29, 0.717) is 5.71 Å². The number of aliphatic hydroxyl groups excluding tert-OH is 1. The first-order valence-corrected chi connectivity index (χ1v) is 4.89. The van der Waals surface area contributed by atoms with Crippen molar-refractivity contribution in [3.63, 3.8) is 0 Å². The Hall–Kier alpha value is -1.88. The van der Waals surface area contributed by atoms with Crippen molar-refractivity contribution in [2.24, 2.45) is 5.10 Å². The number of hydrazone groups is 1. The molecular formula is C11H12N2O3. The van der Waals surface area contributed by atoms with Crippen LogP contribution in [0.1, 0.15) is 12.0 Å². The Morgan fingerprint density at radius 1 is 1.44 bits per heavy atom. The normalized spacial score (nSPS) is 20.0. The molecule has 0 aliphatic carbocycles. The molecule has 1 aliphatic rings. The number of amides is 1.